The molecule has 1 saturated heterocycles. The van der Waals surface area contributed by atoms with E-state index in [0.717, 1.165) is 26.2 Å². The molecule has 5 heteroatoms. The summed E-state index contributed by atoms with van der Waals surface area (Å²) in [6.07, 6.45) is 4.88. The van der Waals surface area contributed by atoms with Crippen molar-refractivity contribution in [2.24, 2.45) is 5.10 Å². The molecule has 0 saturated carbocycles. The van der Waals surface area contributed by atoms with Gasteiger partial charge >= 0.3 is 0 Å². The summed E-state index contributed by atoms with van der Waals surface area (Å²) in [5.74, 6) is 1.23. The van der Waals surface area contributed by atoms with Gasteiger partial charge in [0.25, 0.3) is 0 Å². The molecule has 0 aliphatic carbocycles. The Bertz CT molecular complexity index is 288. The molecule has 3 heterocycles. The fraction of sp³-hybridized carbons (Fsp3) is 0.625. The molecule has 1 unspecified atom stereocenters. The van der Waals surface area contributed by atoms with Gasteiger partial charge in [0, 0.05) is 36.0 Å². The topological polar surface area (TPSA) is 22.1 Å². The van der Waals surface area contributed by atoms with E-state index in [-0.39, 0.29) is 0 Å². The van der Waals surface area contributed by atoms with Crippen LogP contribution in [0.25, 0.3) is 0 Å². The average molecular weight is 290 g/mol. The number of hydrogen-bond acceptors (Lipinski definition) is 4. The fourth-order valence-electron chi connectivity index (χ4n) is 2.05. The molecule has 4 nitrogen and oxygen atoms in total. The Balaban J connectivity index is 1.86. The Morgan fingerprint density at radius 2 is 2.38 bits per heavy atom. The minimum Gasteiger partial charge on any atom is -0.331 e. The van der Waals surface area contributed by atoms with E-state index in [0.29, 0.717) is 6.17 Å². The molecule has 70 valence electrons. The molecule has 0 bridgehead atoms. The maximum absolute atomic E-state index is 4.59. The van der Waals surface area contributed by atoms with Crippen molar-refractivity contribution < 1.29 is 0 Å². The molecule has 0 aromatic carbocycles. The summed E-state index contributed by atoms with van der Waals surface area (Å²) in [4.78, 5) is 2.40. The Kier molecular flexibility index (Phi) is 1.76. The number of halogens is 1. The lowest BCUT2D eigenvalue weighted by Crippen LogP contribution is -2.48. The highest BCUT2D eigenvalue weighted by Crippen LogP contribution is 2.25. The van der Waals surface area contributed by atoms with Crippen LogP contribution in [0.1, 0.15) is 0 Å². The quantitative estimate of drug-likeness (QED) is 0.368. The highest BCUT2D eigenvalue weighted by molar-refractivity contribution is 14.1. The van der Waals surface area contributed by atoms with Crippen LogP contribution in [-0.4, -0.2) is 51.2 Å². The van der Waals surface area contributed by atoms with Crippen LogP contribution >= 0.6 is 22.9 Å². The maximum atomic E-state index is 4.59. The van der Waals surface area contributed by atoms with Gasteiger partial charge < -0.3 is 4.90 Å². The van der Waals surface area contributed by atoms with Crippen molar-refractivity contribution in [3.8, 4) is 0 Å². The van der Waals surface area contributed by atoms with Gasteiger partial charge in [-0.15, -0.1) is 0 Å². The molecule has 3 aliphatic heterocycles. The first-order valence-electron chi connectivity index (χ1n) is 4.53. The van der Waals surface area contributed by atoms with Crippen molar-refractivity contribution in [3.05, 3.63) is 12.2 Å². The van der Waals surface area contributed by atoms with Gasteiger partial charge in [0.1, 0.15) is 12.0 Å². The standard InChI is InChI=1S/C8H11IN4/c9-11-4-5-12-7(6-11)10-13-3-1-2-8(12)13/h1-2,8H,3-6H2. The van der Waals surface area contributed by atoms with Crippen molar-refractivity contribution >= 4 is 28.7 Å². The smallest absolute Gasteiger partial charge is 0.142 e. The molecule has 3 aliphatic rings. The third-order valence-electron chi connectivity index (χ3n) is 2.70. The molecule has 0 spiro atoms. The van der Waals surface area contributed by atoms with Gasteiger partial charge in [-0.25, -0.2) is 3.11 Å². The minimum atomic E-state index is 0.431. The normalized spacial score (nSPS) is 32.1. The summed E-state index contributed by atoms with van der Waals surface area (Å²) in [5.41, 5.74) is 0. The number of piperazine rings is 1. The number of rotatable bonds is 0. The molecule has 3 rings (SSSR count). The zero-order valence-electron chi connectivity index (χ0n) is 7.23. The summed E-state index contributed by atoms with van der Waals surface area (Å²) in [6.45, 7) is 4.21. The van der Waals surface area contributed by atoms with Crippen LogP contribution in [-0.2, 0) is 0 Å². The maximum Gasteiger partial charge on any atom is 0.142 e. The summed E-state index contributed by atoms with van der Waals surface area (Å²) in [7, 11) is 0. The van der Waals surface area contributed by atoms with Crippen LogP contribution in [0.5, 0.6) is 0 Å². The van der Waals surface area contributed by atoms with Gasteiger partial charge in [0.05, 0.1) is 13.1 Å². The number of fused-ring (bicyclic) bond motifs is 3. The van der Waals surface area contributed by atoms with Gasteiger partial charge in [-0.05, 0) is 6.08 Å². The van der Waals surface area contributed by atoms with Gasteiger partial charge in [0.15, 0.2) is 0 Å². The number of hydrogen-bond donors (Lipinski definition) is 0. The molecule has 0 radical (unpaired) electrons. The first kappa shape index (κ1) is 8.05. The monoisotopic (exact) mass is 290 g/mol. The van der Waals surface area contributed by atoms with E-state index in [2.05, 4.69) is 53.1 Å². The molecule has 13 heavy (non-hydrogen) atoms. The minimum absolute atomic E-state index is 0.431. The van der Waals surface area contributed by atoms with Crippen LogP contribution in [0.3, 0.4) is 0 Å². The van der Waals surface area contributed by atoms with E-state index >= 15 is 0 Å². The van der Waals surface area contributed by atoms with Gasteiger partial charge in [-0.3, -0.25) is 5.01 Å². The number of amidine groups is 1. The summed E-state index contributed by atoms with van der Waals surface area (Å²) >= 11 is 2.37. The van der Waals surface area contributed by atoms with E-state index < -0.39 is 0 Å². The van der Waals surface area contributed by atoms with Gasteiger partial charge in [0.2, 0.25) is 0 Å². The van der Waals surface area contributed by atoms with Crippen LogP contribution in [0.4, 0.5) is 0 Å². The second-order valence-corrected chi connectivity index (χ2v) is 4.88. The van der Waals surface area contributed by atoms with E-state index in [1.165, 1.54) is 5.84 Å². The summed E-state index contributed by atoms with van der Waals surface area (Å²) in [5, 5.41) is 6.75. The average Bonchev–Trinajstić information content (AvgIpc) is 2.62. The second kappa shape index (κ2) is 2.84. The lowest BCUT2D eigenvalue weighted by molar-refractivity contribution is 0.191. The van der Waals surface area contributed by atoms with Crippen molar-refractivity contribution in [1.82, 2.24) is 13.0 Å². The molecule has 1 atom stereocenters. The van der Waals surface area contributed by atoms with Crippen LogP contribution in [0.15, 0.2) is 17.3 Å². The highest BCUT2D eigenvalue weighted by Gasteiger charge is 2.36. The SMILES string of the molecule is IN1CCN2C(=NN3CC=CC32)C1. The third kappa shape index (κ3) is 1.17. The molecule has 0 N–H and O–H groups in total. The Hall–Kier alpha value is -0.300. The Morgan fingerprint density at radius 3 is 3.31 bits per heavy atom. The van der Waals surface area contributed by atoms with Gasteiger partial charge in [-0.1, -0.05) is 6.08 Å². The highest BCUT2D eigenvalue weighted by atomic mass is 127. The number of hydrazone groups is 1. The lowest BCUT2D eigenvalue weighted by atomic mass is 10.3. The zero-order valence-corrected chi connectivity index (χ0v) is 9.38. The molecule has 0 aromatic rings. The van der Waals surface area contributed by atoms with Crippen molar-refractivity contribution in [2.45, 2.75) is 6.17 Å². The molecule has 0 aromatic heterocycles. The zero-order chi connectivity index (χ0) is 8.84. The first-order chi connectivity index (χ1) is 6.34. The van der Waals surface area contributed by atoms with Crippen LogP contribution < -0.4 is 0 Å². The molecular formula is C8H11IN4. The van der Waals surface area contributed by atoms with Crippen molar-refractivity contribution in [2.75, 3.05) is 26.2 Å². The van der Waals surface area contributed by atoms with Crippen LogP contribution in [0, 0.1) is 0 Å². The Morgan fingerprint density at radius 1 is 1.46 bits per heavy atom. The lowest BCUT2D eigenvalue weighted by Gasteiger charge is -2.32. The van der Waals surface area contributed by atoms with E-state index in [9.17, 15) is 0 Å². The fourth-order valence-corrected chi connectivity index (χ4v) is 2.57. The largest absolute Gasteiger partial charge is 0.331 e. The predicted octanol–water partition coefficient (Wildman–Crippen LogP) is 0.479. The third-order valence-corrected chi connectivity index (χ3v) is 3.52. The summed E-state index contributed by atoms with van der Waals surface area (Å²) in [6, 6.07) is 0. The summed E-state index contributed by atoms with van der Waals surface area (Å²) < 4.78 is 2.29. The molecule has 1 fully saturated rings. The van der Waals surface area contributed by atoms with E-state index in [1.807, 2.05) is 0 Å². The van der Waals surface area contributed by atoms with E-state index in [1.54, 1.807) is 0 Å². The van der Waals surface area contributed by atoms with Crippen molar-refractivity contribution in [3.63, 3.8) is 0 Å². The predicted molar refractivity (Wildman–Crippen MR) is 59.4 cm³/mol. The van der Waals surface area contributed by atoms with Crippen molar-refractivity contribution in [1.29, 1.82) is 0 Å². The number of nitrogens with zero attached hydrogens (tertiary/aromatic N) is 4. The first-order valence-corrected chi connectivity index (χ1v) is 5.49. The van der Waals surface area contributed by atoms with Gasteiger partial charge in [-0.2, -0.15) is 5.10 Å². The molecule has 0 amide bonds. The van der Waals surface area contributed by atoms with E-state index in [4.69, 9.17) is 0 Å². The van der Waals surface area contributed by atoms with Crippen LogP contribution in [0.2, 0.25) is 0 Å². The molecular weight excluding hydrogens is 279 g/mol. The second-order valence-electron chi connectivity index (χ2n) is 3.52. The Labute approximate surface area is 91.3 Å².